The summed E-state index contributed by atoms with van der Waals surface area (Å²) >= 11 is 1.82. The molecule has 0 aliphatic carbocycles. The Bertz CT molecular complexity index is 2330. The lowest BCUT2D eigenvalue weighted by Crippen LogP contribution is -2.12. The molecule has 204 valence electrons. The molecule has 0 fully saturated rings. The first-order valence-electron chi connectivity index (χ1n) is 14.3. The van der Waals surface area contributed by atoms with E-state index in [9.17, 15) is 0 Å². The van der Waals surface area contributed by atoms with E-state index < -0.39 is 0 Å². The van der Waals surface area contributed by atoms with Gasteiger partial charge in [0.25, 0.3) is 0 Å². The number of hydrogen-bond donors (Lipinski definition) is 0. The zero-order valence-corrected chi connectivity index (χ0v) is 24.3. The van der Waals surface area contributed by atoms with Crippen molar-refractivity contribution < 1.29 is 0 Å². The van der Waals surface area contributed by atoms with Crippen molar-refractivity contribution in [2.24, 2.45) is 9.98 Å². The van der Waals surface area contributed by atoms with E-state index in [-0.39, 0.29) is 0 Å². The van der Waals surface area contributed by atoms with Crippen LogP contribution in [-0.2, 0) is 0 Å². The molecular weight excluding hydrogens is 545 g/mol. The van der Waals surface area contributed by atoms with Gasteiger partial charge >= 0.3 is 0 Å². The Labute approximate surface area is 252 Å². The van der Waals surface area contributed by atoms with Gasteiger partial charge in [-0.2, -0.15) is 4.99 Å². The molecule has 5 heteroatoms. The van der Waals surface area contributed by atoms with Gasteiger partial charge in [-0.3, -0.25) is 4.57 Å². The lowest BCUT2D eigenvalue weighted by molar-refractivity contribution is 1.18. The molecule has 4 nitrogen and oxygen atoms in total. The van der Waals surface area contributed by atoms with Gasteiger partial charge in [0.15, 0.2) is 5.82 Å². The minimum absolute atomic E-state index is 0.583. The first kappa shape index (κ1) is 25.3. The molecule has 8 rings (SSSR count). The molecule has 5 aromatic carbocycles. The third kappa shape index (κ3) is 4.42. The van der Waals surface area contributed by atoms with E-state index in [4.69, 9.17) is 9.98 Å². The highest BCUT2D eigenvalue weighted by atomic mass is 32.1. The molecule has 0 spiro atoms. The van der Waals surface area contributed by atoms with Crippen LogP contribution in [0.25, 0.3) is 53.1 Å². The maximum Gasteiger partial charge on any atom is 0.236 e. The predicted octanol–water partition coefficient (Wildman–Crippen LogP) is 10.3. The Morgan fingerprint density at radius 3 is 2.14 bits per heavy atom. The fourth-order valence-electron chi connectivity index (χ4n) is 5.83. The van der Waals surface area contributed by atoms with E-state index in [1.54, 1.807) is 6.20 Å². The Kier molecular flexibility index (Phi) is 6.16. The zero-order chi connectivity index (χ0) is 28.8. The second-order valence-corrected chi connectivity index (χ2v) is 11.6. The average molecular weight is 571 g/mol. The van der Waals surface area contributed by atoms with Crippen molar-refractivity contribution in [1.82, 2.24) is 9.55 Å². The lowest BCUT2D eigenvalue weighted by Gasteiger charge is -2.10. The SMILES string of the molecule is C/C(=N\C(=N/c1ccccn1)n1c2ccccc2c2ccc3c4ccccc4sc3c21)c1ccc(-c2ccccc2)cc1. The lowest BCUT2D eigenvalue weighted by atomic mass is 10.0. The van der Waals surface area contributed by atoms with Gasteiger partial charge in [-0.1, -0.05) is 109 Å². The zero-order valence-electron chi connectivity index (χ0n) is 23.5. The number of rotatable bonds is 3. The smallest absolute Gasteiger partial charge is 0.236 e. The summed E-state index contributed by atoms with van der Waals surface area (Å²) in [6.45, 7) is 2.05. The van der Waals surface area contributed by atoms with E-state index in [2.05, 4.69) is 119 Å². The Balaban J connectivity index is 1.38. The Hall–Kier alpha value is -5.39. The number of pyridine rings is 1. The topological polar surface area (TPSA) is 42.5 Å². The quantitative estimate of drug-likeness (QED) is 0.154. The fraction of sp³-hybridized carbons (Fsp3) is 0.0263. The highest BCUT2D eigenvalue weighted by Crippen LogP contribution is 2.42. The van der Waals surface area contributed by atoms with Crippen LogP contribution in [0.3, 0.4) is 0 Å². The second kappa shape index (κ2) is 10.5. The summed E-state index contributed by atoms with van der Waals surface area (Å²) in [4.78, 5) is 14.9. The molecule has 0 aliphatic heterocycles. The van der Waals surface area contributed by atoms with Gasteiger partial charge in [0.05, 0.1) is 15.7 Å². The largest absolute Gasteiger partial charge is 0.276 e. The highest BCUT2D eigenvalue weighted by molar-refractivity contribution is 7.26. The van der Waals surface area contributed by atoms with Crippen molar-refractivity contribution in [2.75, 3.05) is 0 Å². The van der Waals surface area contributed by atoms with Crippen molar-refractivity contribution in [3.8, 4) is 11.1 Å². The molecular formula is C38H26N4S. The Morgan fingerprint density at radius 1 is 0.628 bits per heavy atom. The normalized spacial score (nSPS) is 12.6. The number of thiophene rings is 1. The molecule has 43 heavy (non-hydrogen) atoms. The molecule has 0 saturated heterocycles. The van der Waals surface area contributed by atoms with Crippen LogP contribution in [0.15, 0.2) is 150 Å². The maximum absolute atomic E-state index is 5.24. The van der Waals surface area contributed by atoms with Gasteiger partial charge in [0.1, 0.15) is 0 Å². The molecule has 0 radical (unpaired) electrons. The van der Waals surface area contributed by atoms with Crippen molar-refractivity contribution in [3.05, 3.63) is 145 Å². The van der Waals surface area contributed by atoms with Gasteiger partial charge < -0.3 is 0 Å². The van der Waals surface area contributed by atoms with Crippen molar-refractivity contribution >= 4 is 70.8 Å². The van der Waals surface area contributed by atoms with E-state index in [0.717, 1.165) is 22.3 Å². The van der Waals surface area contributed by atoms with Gasteiger partial charge in [0.2, 0.25) is 5.96 Å². The van der Waals surface area contributed by atoms with E-state index in [1.807, 2.05) is 42.5 Å². The third-order valence-electron chi connectivity index (χ3n) is 7.92. The molecule has 3 heterocycles. The number of nitrogens with zero attached hydrogens (tertiary/aromatic N) is 4. The first-order valence-corrected chi connectivity index (χ1v) is 15.1. The molecule has 0 bridgehead atoms. The molecule has 3 aromatic heterocycles. The number of aromatic nitrogens is 2. The van der Waals surface area contributed by atoms with Crippen molar-refractivity contribution in [3.63, 3.8) is 0 Å². The van der Waals surface area contributed by atoms with Crippen LogP contribution in [0.2, 0.25) is 0 Å². The standard InChI is InChI=1S/C38H26N4S/c1-25(26-18-20-28(21-19-26)27-11-3-2-4-12-27)40-38(41-35-17-9-10-24-39-35)42-33-15-7-5-13-29(33)31-22-23-32-30-14-6-8-16-34(30)43-37(32)36(31)42/h2-24H,1H3/b40-25+,41-38+. The molecule has 0 unspecified atom stereocenters. The summed E-state index contributed by atoms with van der Waals surface area (Å²) in [6, 6.07) is 46.4. The summed E-state index contributed by atoms with van der Waals surface area (Å²) in [5.41, 5.74) is 6.47. The average Bonchev–Trinajstić information content (AvgIpc) is 3.61. The first-order chi connectivity index (χ1) is 21.2. The van der Waals surface area contributed by atoms with Crippen molar-refractivity contribution in [1.29, 1.82) is 0 Å². The molecule has 0 atom stereocenters. The minimum atomic E-state index is 0.583. The summed E-state index contributed by atoms with van der Waals surface area (Å²) in [5.74, 6) is 1.20. The number of benzene rings is 5. The van der Waals surface area contributed by atoms with Gasteiger partial charge in [-0.05, 0) is 47.9 Å². The summed E-state index contributed by atoms with van der Waals surface area (Å²) in [7, 11) is 0. The molecule has 0 aliphatic rings. The van der Waals surface area contributed by atoms with Crippen LogP contribution in [0.5, 0.6) is 0 Å². The van der Waals surface area contributed by atoms with Crippen LogP contribution in [0.1, 0.15) is 12.5 Å². The molecule has 8 aromatic rings. The monoisotopic (exact) mass is 570 g/mol. The predicted molar refractivity (Wildman–Crippen MR) is 183 cm³/mol. The van der Waals surface area contributed by atoms with Crippen LogP contribution in [0, 0.1) is 0 Å². The van der Waals surface area contributed by atoms with Gasteiger partial charge in [-0.15, -0.1) is 11.3 Å². The number of para-hydroxylation sites is 1. The van der Waals surface area contributed by atoms with Crippen LogP contribution < -0.4 is 0 Å². The van der Waals surface area contributed by atoms with Gasteiger partial charge in [-0.25, -0.2) is 9.98 Å². The third-order valence-corrected chi connectivity index (χ3v) is 9.11. The summed E-state index contributed by atoms with van der Waals surface area (Å²) in [5, 5.41) is 4.86. The van der Waals surface area contributed by atoms with E-state index in [0.29, 0.717) is 11.8 Å². The van der Waals surface area contributed by atoms with E-state index >= 15 is 0 Å². The fourth-order valence-corrected chi connectivity index (χ4v) is 7.08. The van der Waals surface area contributed by atoms with Gasteiger partial charge in [0, 0.05) is 38.2 Å². The second-order valence-electron chi connectivity index (χ2n) is 10.5. The molecule has 0 N–H and O–H groups in total. The number of hydrogen-bond acceptors (Lipinski definition) is 3. The summed E-state index contributed by atoms with van der Waals surface area (Å²) < 4.78 is 4.71. The maximum atomic E-state index is 5.24. The number of aliphatic imine (C=N–C) groups is 2. The van der Waals surface area contributed by atoms with Crippen LogP contribution >= 0.6 is 11.3 Å². The van der Waals surface area contributed by atoms with Crippen LogP contribution in [-0.4, -0.2) is 21.2 Å². The summed E-state index contributed by atoms with van der Waals surface area (Å²) in [6.07, 6.45) is 1.77. The highest BCUT2D eigenvalue weighted by Gasteiger charge is 2.20. The molecule has 0 saturated carbocycles. The Morgan fingerprint density at radius 2 is 1.33 bits per heavy atom. The molecule has 0 amide bonds. The van der Waals surface area contributed by atoms with Crippen LogP contribution in [0.4, 0.5) is 5.82 Å². The van der Waals surface area contributed by atoms with Crippen molar-refractivity contribution in [2.45, 2.75) is 6.92 Å². The number of fused-ring (bicyclic) bond motifs is 7. The minimum Gasteiger partial charge on any atom is -0.276 e. The van der Waals surface area contributed by atoms with E-state index in [1.165, 1.54) is 42.1 Å².